The van der Waals surface area contributed by atoms with Crippen LogP contribution in [0.5, 0.6) is 0 Å². The van der Waals surface area contributed by atoms with Crippen LogP contribution in [0.25, 0.3) is 5.69 Å². The lowest BCUT2D eigenvalue weighted by molar-refractivity contribution is 0.101. The average Bonchev–Trinajstić information content (AvgIpc) is 2.67. The predicted molar refractivity (Wildman–Crippen MR) is 63.5 cm³/mol. The van der Waals surface area contributed by atoms with Gasteiger partial charge in [-0.3, -0.25) is 4.79 Å². The first-order valence-electron chi connectivity index (χ1n) is 4.63. The minimum atomic E-state index is 0.0721. The van der Waals surface area contributed by atoms with Crippen LogP contribution in [0.4, 0.5) is 0 Å². The van der Waals surface area contributed by atoms with E-state index in [2.05, 4.69) is 15.9 Å². The lowest BCUT2D eigenvalue weighted by atomic mass is 10.3. The van der Waals surface area contributed by atoms with Crippen LogP contribution in [0.1, 0.15) is 17.4 Å². The van der Waals surface area contributed by atoms with Crippen molar-refractivity contribution in [1.82, 2.24) is 4.57 Å². The summed E-state index contributed by atoms with van der Waals surface area (Å²) in [5, 5.41) is 0. The highest BCUT2D eigenvalue weighted by molar-refractivity contribution is 9.10. The molecule has 0 bridgehead atoms. The predicted octanol–water partition coefficient (Wildman–Crippen LogP) is 3.44. The minimum Gasteiger partial charge on any atom is -0.314 e. The lowest BCUT2D eigenvalue weighted by Gasteiger charge is -2.06. The second-order valence-electron chi connectivity index (χ2n) is 3.30. The van der Waals surface area contributed by atoms with Crippen LogP contribution in [0.15, 0.2) is 47.1 Å². The van der Waals surface area contributed by atoms with Gasteiger partial charge in [0, 0.05) is 23.3 Å². The Kier molecular flexibility index (Phi) is 2.73. The van der Waals surface area contributed by atoms with Crippen LogP contribution in [0.3, 0.4) is 0 Å². The number of benzene rings is 1. The van der Waals surface area contributed by atoms with E-state index in [-0.39, 0.29) is 5.78 Å². The van der Waals surface area contributed by atoms with Gasteiger partial charge in [-0.25, -0.2) is 0 Å². The number of carbonyl (C=O) groups excluding carboxylic acids is 1. The Bertz CT molecular complexity index is 485. The van der Waals surface area contributed by atoms with Crippen molar-refractivity contribution in [2.45, 2.75) is 6.92 Å². The number of carbonyl (C=O) groups is 1. The SMILES string of the molecule is CC(=O)c1cccn1-c1ccc(Br)cc1. The van der Waals surface area contributed by atoms with Gasteiger partial charge in [0.25, 0.3) is 0 Å². The molecule has 0 spiro atoms. The highest BCUT2D eigenvalue weighted by Gasteiger charge is 2.06. The number of hydrogen-bond acceptors (Lipinski definition) is 1. The van der Waals surface area contributed by atoms with E-state index in [9.17, 15) is 4.79 Å². The first-order chi connectivity index (χ1) is 7.18. The Balaban J connectivity index is 2.49. The molecule has 0 fully saturated rings. The first kappa shape index (κ1) is 10.2. The van der Waals surface area contributed by atoms with E-state index >= 15 is 0 Å². The number of halogens is 1. The molecule has 0 saturated heterocycles. The maximum Gasteiger partial charge on any atom is 0.176 e. The average molecular weight is 264 g/mol. The van der Waals surface area contributed by atoms with Crippen molar-refractivity contribution in [1.29, 1.82) is 0 Å². The van der Waals surface area contributed by atoms with Gasteiger partial charge >= 0.3 is 0 Å². The van der Waals surface area contributed by atoms with Crippen LogP contribution in [0, 0.1) is 0 Å². The molecule has 1 aromatic heterocycles. The fraction of sp³-hybridized carbons (Fsp3) is 0.0833. The fourth-order valence-electron chi connectivity index (χ4n) is 1.49. The summed E-state index contributed by atoms with van der Waals surface area (Å²) < 4.78 is 2.91. The van der Waals surface area contributed by atoms with Gasteiger partial charge in [0.1, 0.15) is 0 Å². The van der Waals surface area contributed by atoms with Gasteiger partial charge in [-0.2, -0.15) is 0 Å². The van der Waals surface area contributed by atoms with Crippen LogP contribution in [-0.2, 0) is 0 Å². The molecule has 0 amide bonds. The molecule has 0 aliphatic carbocycles. The third-order valence-electron chi connectivity index (χ3n) is 2.21. The Morgan fingerprint density at radius 3 is 2.47 bits per heavy atom. The maximum atomic E-state index is 11.3. The van der Waals surface area contributed by atoms with Crippen LogP contribution < -0.4 is 0 Å². The van der Waals surface area contributed by atoms with Gasteiger partial charge in [0.15, 0.2) is 5.78 Å². The Hall–Kier alpha value is -1.35. The monoisotopic (exact) mass is 263 g/mol. The molecule has 0 aliphatic rings. The number of aromatic nitrogens is 1. The summed E-state index contributed by atoms with van der Waals surface area (Å²) in [6, 6.07) is 11.6. The zero-order valence-electron chi connectivity index (χ0n) is 8.27. The molecule has 2 rings (SSSR count). The topological polar surface area (TPSA) is 22.0 Å². The zero-order valence-corrected chi connectivity index (χ0v) is 9.86. The number of nitrogens with zero attached hydrogens (tertiary/aromatic N) is 1. The van der Waals surface area contributed by atoms with Crippen molar-refractivity contribution in [3.05, 3.63) is 52.8 Å². The summed E-state index contributed by atoms with van der Waals surface area (Å²) in [5.41, 5.74) is 1.70. The highest BCUT2D eigenvalue weighted by Crippen LogP contribution is 2.16. The second kappa shape index (κ2) is 4.03. The second-order valence-corrected chi connectivity index (χ2v) is 4.21. The molecule has 0 aliphatic heterocycles. The van der Waals surface area contributed by atoms with E-state index in [0.29, 0.717) is 5.69 Å². The smallest absolute Gasteiger partial charge is 0.176 e. The van der Waals surface area contributed by atoms with Gasteiger partial charge < -0.3 is 4.57 Å². The fourth-order valence-corrected chi connectivity index (χ4v) is 1.76. The molecule has 0 radical (unpaired) electrons. The zero-order chi connectivity index (χ0) is 10.8. The number of hydrogen-bond donors (Lipinski definition) is 0. The molecule has 0 saturated carbocycles. The standard InChI is InChI=1S/C12H10BrNO/c1-9(15)12-3-2-8-14(12)11-6-4-10(13)5-7-11/h2-8H,1H3. The normalized spacial score (nSPS) is 10.3. The van der Waals surface area contributed by atoms with Gasteiger partial charge in [0.05, 0.1) is 5.69 Å². The Morgan fingerprint density at radius 1 is 1.20 bits per heavy atom. The molecule has 0 atom stereocenters. The van der Waals surface area contributed by atoms with Crippen molar-refractivity contribution in [2.75, 3.05) is 0 Å². The number of ketones is 1. The van der Waals surface area contributed by atoms with E-state index in [1.54, 1.807) is 6.92 Å². The van der Waals surface area contributed by atoms with Crippen molar-refractivity contribution in [3.8, 4) is 5.69 Å². The van der Waals surface area contributed by atoms with Gasteiger partial charge in [-0.05, 0) is 36.4 Å². The third kappa shape index (κ3) is 2.02. The van der Waals surface area contributed by atoms with E-state index < -0.39 is 0 Å². The largest absolute Gasteiger partial charge is 0.314 e. The first-order valence-corrected chi connectivity index (χ1v) is 5.42. The highest BCUT2D eigenvalue weighted by atomic mass is 79.9. The number of Topliss-reactive ketones (excluding diaryl/α,β-unsaturated/α-hetero) is 1. The molecule has 3 heteroatoms. The summed E-state index contributed by atoms with van der Waals surface area (Å²) in [6.45, 7) is 1.57. The van der Waals surface area contributed by atoms with E-state index in [4.69, 9.17) is 0 Å². The molecule has 2 aromatic rings. The van der Waals surface area contributed by atoms with Crippen LogP contribution in [0.2, 0.25) is 0 Å². The van der Waals surface area contributed by atoms with Crippen molar-refractivity contribution >= 4 is 21.7 Å². The van der Waals surface area contributed by atoms with Crippen molar-refractivity contribution < 1.29 is 4.79 Å². The van der Waals surface area contributed by atoms with Crippen LogP contribution >= 0.6 is 15.9 Å². The molecular formula is C12H10BrNO. The Labute approximate surface area is 96.7 Å². The van der Waals surface area contributed by atoms with E-state index in [0.717, 1.165) is 10.2 Å². The molecule has 0 N–H and O–H groups in total. The summed E-state index contributed by atoms with van der Waals surface area (Å²) in [5.74, 6) is 0.0721. The van der Waals surface area contributed by atoms with Gasteiger partial charge in [-0.1, -0.05) is 15.9 Å². The molecule has 15 heavy (non-hydrogen) atoms. The molecule has 1 heterocycles. The maximum absolute atomic E-state index is 11.3. The molecule has 1 aromatic carbocycles. The summed E-state index contributed by atoms with van der Waals surface area (Å²) in [7, 11) is 0. The lowest BCUT2D eigenvalue weighted by Crippen LogP contribution is -2.02. The summed E-state index contributed by atoms with van der Waals surface area (Å²) in [6.07, 6.45) is 1.89. The van der Waals surface area contributed by atoms with Crippen molar-refractivity contribution in [3.63, 3.8) is 0 Å². The van der Waals surface area contributed by atoms with E-state index in [1.165, 1.54) is 0 Å². The molecule has 2 nitrogen and oxygen atoms in total. The number of rotatable bonds is 2. The molecular weight excluding hydrogens is 254 g/mol. The minimum absolute atomic E-state index is 0.0721. The van der Waals surface area contributed by atoms with E-state index in [1.807, 2.05) is 47.2 Å². The Morgan fingerprint density at radius 2 is 1.87 bits per heavy atom. The van der Waals surface area contributed by atoms with Gasteiger partial charge in [-0.15, -0.1) is 0 Å². The quantitative estimate of drug-likeness (QED) is 0.761. The van der Waals surface area contributed by atoms with Gasteiger partial charge in [0.2, 0.25) is 0 Å². The summed E-state index contributed by atoms with van der Waals surface area (Å²) in [4.78, 5) is 11.3. The molecule has 0 unspecified atom stereocenters. The van der Waals surface area contributed by atoms with Crippen LogP contribution in [-0.4, -0.2) is 10.4 Å². The third-order valence-corrected chi connectivity index (χ3v) is 2.74. The van der Waals surface area contributed by atoms with Crippen molar-refractivity contribution in [2.24, 2.45) is 0 Å². The summed E-state index contributed by atoms with van der Waals surface area (Å²) >= 11 is 3.38. The molecule has 76 valence electrons.